The summed E-state index contributed by atoms with van der Waals surface area (Å²) in [6.07, 6.45) is -3.60. The van der Waals surface area contributed by atoms with Gasteiger partial charge in [0.25, 0.3) is 0 Å². The summed E-state index contributed by atoms with van der Waals surface area (Å²) in [7, 11) is 0.956. The summed E-state index contributed by atoms with van der Waals surface area (Å²) in [5.41, 5.74) is -1.61. The number of methoxy groups -OCH3 is 1. The molecule has 0 atom stereocenters. The normalized spacial score (nSPS) is 11.4. The molecule has 0 saturated carbocycles. The number of aromatic nitrogens is 4. The summed E-state index contributed by atoms with van der Waals surface area (Å²) >= 11 is 0. The van der Waals surface area contributed by atoms with Crippen LogP contribution in [0.2, 0.25) is 0 Å². The molecule has 9 heteroatoms. The van der Waals surface area contributed by atoms with Crippen molar-refractivity contribution in [3.63, 3.8) is 0 Å². The Morgan fingerprint density at radius 2 is 1.95 bits per heavy atom. The monoisotopic (exact) mass is 274 g/mol. The van der Waals surface area contributed by atoms with Gasteiger partial charge >= 0.3 is 6.18 Å². The van der Waals surface area contributed by atoms with E-state index in [1.165, 1.54) is 18.3 Å². The first-order chi connectivity index (χ1) is 8.93. The molecule has 0 spiro atoms. The lowest BCUT2D eigenvalue weighted by Crippen LogP contribution is -2.14. The van der Waals surface area contributed by atoms with Gasteiger partial charge in [-0.05, 0) is 12.1 Å². The Labute approximate surface area is 104 Å². The maximum absolute atomic E-state index is 13.5. The standard InChI is InChI=1S/C10H6F4N4O/c1-19-9-6(10(12,13)14)7(11)16-8(17-9)5-3-2-4-15-18-5/h2-4H,1H3. The molecule has 0 amide bonds. The van der Waals surface area contributed by atoms with Crippen molar-refractivity contribution in [1.29, 1.82) is 0 Å². The minimum atomic E-state index is -4.95. The number of ether oxygens (including phenoxy) is 1. The van der Waals surface area contributed by atoms with Crippen LogP contribution < -0.4 is 4.74 Å². The van der Waals surface area contributed by atoms with Gasteiger partial charge in [0.2, 0.25) is 11.8 Å². The van der Waals surface area contributed by atoms with Crippen LogP contribution in [0.15, 0.2) is 18.3 Å². The van der Waals surface area contributed by atoms with E-state index in [0.29, 0.717) is 0 Å². The fraction of sp³-hybridized carbons (Fsp3) is 0.200. The molecule has 0 saturated heterocycles. The lowest BCUT2D eigenvalue weighted by molar-refractivity contribution is -0.142. The molecule has 2 heterocycles. The molecule has 2 rings (SSSR count). The molecule has 0 aliphatic rings. The first-order valence-electron chi connectivity index (χ1n) is 4.90. The molecular weight excluding hydrogens is 268 g/mol. The Bertz CT molecular complexity index is 588. The van der Waals surface area contributed by atoms with Gasteiger partial charge in [-0.25, -0.2) is 0 Å². The van der Waals surface area contributed by atoms with Crippen LogP contribution in [0.3, 0.4) is 0 Å². The number of hydrogen-bond acceptors (Lipinski definition) is 5. The van der Waals surface area contributed by atoms with E-state index in [1.807, 2.05) is 0 Å². The second-order valence-electron chi connectivity index (χ2n) is 3.33. The predicted molar refractivity (Wildman–Crippen MR) is 54.6 cm³/mol. The third-order valence-corrected chi connectivity index (χ3v) is 2.11. The van der Waals surface area contributed by atoms with Gasteiger partial charge in [-0.1, -0.05) is 0 Å². The number of hydrogen-bond donors (Lipinski definition) is 0. The van der Waals surface area contributed by atoms with Gasteiger partial charge in [-0.15, -0.1) is 5.10 Å². The first kappa shape index (κ1) is 13.1. The SMILES string of the molecule is COc1nc(-c2cccnn2)nc(F)c1C(F)(F)F. The average molecular weight is 274 g/mol. The van der Waals surface area contributed by atoms with Gasteiger partial charge in [0.05, 0.1) is 7.11 Å². The van der Waals surface area contributed by atoms with Crippen molar-refractivity contribution >= 4 is 0 Å². The smallest absolute Gasteiger partial charge is 0.426 e. The second-order valence-corrected chi connectivity index (χ2v) is 3.33. The molecule has 0 aliphatic carbocycles. The Hall–Kier alpha value is -2.32. The minimum Gasteiger partial charge on any atom is -0.480 e. The van der Waals surface area contributed by atoms with Crippen molar-refractivity contribution in [2.45, 2.75) is 6.18 Å². The van der Waals surface area contributed by atoms with Crippen molar-refractivity contribution in [3.05, 3.63) is 29.8 Å². The summed E-state index contributed by atoms with van der Waals surface area (Å²) in [5.74, 6) is -2.96. The van der Waals surface area contributed by atoms with Crippen LogP contribution in [-0.2, 0) is 6.18 Å². The molecule has 0 unspecified atom stereocenters. The van der Waals surface area contributed by atoms with E-state index >= 15 is 0 Å². The number of rotatable bonds is 2. The van der Waals surface area contributed by atoms with Crippen molar-refractivity contribution < 1.29 is 22.3 Å². The van der Waals surface area contributed by atoms with E-state index in [0.717, 1.165) is 7.11 Å². The summed E-state index contributed by atoms with van der Waals surface area (Å²) in [4.78, 5) is 6.63. The van der Waals surface area contributed by atoms with Crippen molar-refractivity contribution in [2.24, 2.45) is 0 Å². The highest BCUT2D eigenvalue weighted by Gasteiger charge is 2.40. The topological polar surface area (TPSA) is 60.8 Å². The Morgan fingerprint density at radius 1 is 1.21 bits per heavy atom. The van der Waals surface area contributed by atoms with Gasteiger partial charge in [0, 0.05) is 6.20 Å². The number of nitrogens with zero attached hydrogens (tertiary/aromatic N) is 4. The molecule has 0 aromatic carbocycles. The zero-order valence-electron chi connectivity index (χ0n) is 9.44. The van der Waals surface area contributed by atoms with E-state index in [2.05, 4.69) is 24.9 Å². The molecule has 0 N–H and O–H groups in total. The summed E-state index contributed by atoms with van der Waals surface area (Å²) in [6, 6.07) is 2.85. The van der Waals surface area contributed by atoms with E-state index < -0.39 is 23.6 Å². The van der Waals surface area contributed by atoms with Gasteiger partial charge in [0.1, 0.15) is 5.69 Å². The number of halogens is 4. The molecule has 19 heavy (non-hydrogen) atoms. The minimum absolute atomic E-state index is 0.0356. The third kappa shape index (κ3) is 2.59. The number of alkyl halides is 3. The summed E-state index contributed by atoms with van der Waals surface area (Å²) in [6.45, 7) is 0. The Balaban J connectivity index is 2.61. The van der Waals surface area contributed by atoms with Crippen LogP contribution in [0.4, 0.5) is 17.6 Å². The van der Waals surface area contributed by atoms with Crippen LogP contribution in [-0.4, -0.2) is 27.3 Å². The first-order valence-corrected chi connectivity index (χ1v) is 4.90. The van der Waals surface area contributed by atoms with Gasteiger partial charge in [-0.2, -0.15) is 32.6 Å². The predicted octanol–water partition coefficient (Wildman–Crippen LogP) is 2.10. The maximum atomic E-state index is 13.5. The van der Waals surface area contributed by atoms with E-state index in [1.54, 1.807) is 0 Å². The van der Waals surface area contributed by atoms with Crippen LogP contribution in [0.5, 0.6) is 5.88 Å². The Kier molecular flexibility index (Phi) is 3.28. The highest BCUT2D eigenvalue weighted by atomic mass is 19.4. The molecule has 5 nitrogen and oxygen atoms in total. The van der Waals surface area contributed by atoms with Crippen molar-refractivity contribution in [1.82, 2.24) is 20.2 Å². The van der Waals surface area contributed by atoms with E-state index in [9.17, 15) is 17.6 Å². The maximum Gasteiger partial charge on any atom is 0.426 e. The van der Waals surface area contributed by atoms with Crippen LogP contribution in [0, 0.1) is 5.95 Å². The fourth-order valence-electron chi connectivity index (χ4n) is 1.34. The molecule has 2 aromatic rings. The second kappa shape index (κ2) is 4.75. The lowest BCUT2D eigenvalue weighted by atomic mass is 10.3. The Morgan fingerprint density at radius 3 is 2.47 bits per heavy atom. The van der Waals surface area contributed by atoms with Gasteiger partial charge in [0.15, 0.2) is 11.4 Å². The highest BCUT2D eigenvalue weighted by Crippen LogP contribution is 2.37. The highest BCUT2D eigenvalue weighted by molar-refractivity contribution is 5.49. The molecule has 100 valence electrons. The zero-order chi connectivity index (χ0) is 14.0. The van der Waals surface area contributed by atoms with Crippen molar-refractivity contribution in [3.8, 4) is 17.4 Å². The van der Waals surface area contributed by atoms with Gasteiger partial charge in [-0.3, -0.25) is 0 Å². The van der Waals surface area contributed by atoms with E-state index in [-0.39, 0.29) is 11.5 Å². The van der Waals surface area contributed by atoms with Gasteiger partial charge < -0.3 is 4.74 Å². The van der Waals surface area contributed by atoms with Crippen LogP contribution in [0.25, 0.3) is 11.5 Å². The fourth-order valence-corrected chi connectivity index (χ4v) is 1.34. The summed E-state index contributed by atoms with van der Waals surface area (Å²) < 4.78 is 55.7. The molecule has 2 aromatic heterocycles. The quantitative estimate of drug-likeness (QED) is 0.620. The summed E-state index contributed by atoms with van der Waals surface area (Å²) in [5, 5.41) is 7.08. The molecule has 0 aliphatic heterocycles. The van der Waals surface area contributed by atoms with Crippen LogP contribution >= 0.6 is 0 Å². The van der Waals surface area contributed by atoms with E-state index in [4.69, 9.17) is 0 Å². The third-order valence-electron chi connectivity index (χ3n) is 2.11. The largest absolute Gasteiger partial charge is 0.480 e. The lowest BCUT2D eigenvalue weighted by Gasteiger charge is -2.12. The molecule has 0 fully saturated rings. The average Bonchev–Trinajstić information content (AvgIpc) is 2.37. The van der Waals surface area contributed by atoms with Crippen LogP contribution in [0.1, 0.15) is 5.56 Å². The molecule has 0 bridgehead atoms. The molecular formula is C10H6F4N4O. The van der Waals surface area contributed by atoms with Crippen molar-refractivity contribution in [2.75, 3.05) is 7.11 Å². The molecule has 0 radical (unpaired) electrons. The zero-order valence-corrected chi connectivity index (χ0v) is 9.44.